The van der Waals surface area contributed by atoms with Crippen LogP contribution in [0.5, 0.6) is 5.75 Å². The van der Waals surface area contributed by atoms with Crippen molar-refractivity contribution in [1.29, 1.82) is 0 Å². The molecule has 3 aromatic carbocycles. The second-order valence-electron chi connectivity index (χ2n) is 8.13. The van der Waals surface area contributed by atoms with Crippen LogP contribution >= 0.6 is 11.6 Å². The van der Waals surface area contributed by atoms with E-state index in [0.717, 1.165) is 78.9 Å². The van der Waals surface area contributed by atoms with E-state index in [1.165, 1.54) is 5.69 Å². The van der Waals surface area contributed by atoms with E-state index in [2.05, 4.69) is 44.0 Å². The molecule has 32 heavy (non-hydrogen) atoms. The standard InChI is InChI=1S/C26H27ClN4O/c27-21-8-10-22(11-9-21)31-17-15-30(16-18-31)14-3-19-32-23-12-6-20(7-13-23)26-28-24-4-1-2-5-25(24)29-26/h1-2,4-13H,3,14-19H2,(H,28,29). The maximum atomic E-state index is 6.00. The van der Waals surface area contributed by atoms with Gasteiger partial charge in [-0.05, 0) is 67.1 Å². The Hall–Kier alpha value is -3.02. The van der Waals surface area contributed by atoms with Gasteiger partial charge in [0, 0.05) is 49.0 Å². The van der Waals surface area contributed by atoms with Crippen LogP contribution in [-0.2, 0) is 0 Å². The molecule has 0 radical (unpaired) electrons. The minimum Gasteiger partial charge on any atom is -0.494 e. The van der Waals surface area contributed by atoms with Crippen molar-refractivity contribution in [3.05, 3.63) is 77.8 Å². The van der Waals surface area contributed by atoms with Crippen molar-refractivity contribution in [3.8, 4) is 17.1 Å². The number of aromatic amines is 1. The van der Waals surface area contributed by atoms with Crippen molar-refractivity contribution in [2.75, 3.05) is 44.2 Å². The summed E-state index contributed by atoms with van der Waals surface area (Å²) < 4.78 is 5.97. The Bertz CT molecular complexity index is 1120. The van der Waals surface area contributed by atoms with Crippen LogP contribution in [0.2, 0.25) is 5.02 Å². The molecule has 1 aliphatic heterocycles. The van der Waals surface area contributed by atoms with Gasteiger partial charge in [-0.3, -0.25) is 4.90 Å². The zero-order valence-electron chi connectivity index (χ0n) is 18.0. The molecule has 1 aromatic heterocycles. The Kier molecular flexibility index (Phi) is 6.28. The zero-order chi connectivity index (χ0) is 21.8. The van der Waals surface area contributed by atoms with E-state index in [-0.39, 0.29) is 0 Å². The molecule has 2 heterocycles. The number of ether oxygens (including phenoxy) is 1. The maximum absolute atomic E-state index is 6.00. The summed E-state index contributed by atoms with van der Waals surface area (Å²) in [5.41, 5.74) is 4.35. The maximum Gasteiger partial charge on any atom is 0.138 e. The van der Waals surface area contributed by atoms with Gasteiger partial charge in [-0.2, -0.15) is 0 Å². The first-order valence-electron chi connectivity index (χ1n) is 11.2. The van der Waals surface area contributed by atoms with Gasteiger partial charge in [0.2, 0.25) is 0 Å². The number of aromatic nitrogens is 2. The van der Waals surface area contributed by atoms with Gasteiger partial charge >= 0.3 is 0 Å². The third-order valence-corrected chi connectivity index (χ3v) is 6.22. The number of rotatable bonds is 7. The van der Waals surface area contributed by atoms with Crippen LogP contribution < -0.4 is 9.64 Å². The number of fused-ring (bicyclic) bond motifs is 1. The van der Waals surface area contributed by atoms with Crippen LogP contribution in [0.3, 0.4) is 0 Å². The largest absolute Gasteiger partial charge is 0.494 e. The van der Waals surface area contributed by atoms with Crippen molar-refractivity contribution in [3.63, 3.8) is 0 Å². The molecule has 1 N–H and O–H groups in total. The monoisotopic (exact) mass is 446 g/mol. The number of para-hydroxylation sites is 2. The SMILES string of the molecule is Clc1ccc(N2CCN(CCCOc3ccc(-c4nc5ccccc5[nH]4)cc3)CC2)cc1. The average molecular weight is 447 g/mol. The number of piperazine rings is 1. The van der Waals surface area contributed by atoms with Gasteiger partial charge < -0.3 is 14.6 Å². The number of H-pyrrole nitrogens is 1. The number of halogens is 1. The number of benzene rings is 3. The van der Waals surface area contributed by atoms with Gasteiger partial charge in [-0.25, -0.2) is 4.98 Å². The normalized spacial score (nSPS) is 14.7. The molecule has 1 saturated heterocycles. The molecule has 0 saturated carbocycles. The lowest BCUT2D eigenvalue weighted by molar-refractivity contribution is 0.225. The Labute approximate surface area is 193 Å². The number of imidazole rings is 1. The summed E-state index contributed by atoms with van der Waals surface area (Å²) in [4.78, 5) is 13.0. The molecule has 4 aromatic rings. The summed E-state index contributed by atoms with van der Waals surface area (Å²) in [6.07, 6.45) is 1.02. The van der Waals surface area contributed by atoms with Gasteiger partial charge in [0.1, 0.15) is 11.6 Å². The summed E-state index contributed by atoms with van der Waals surface area (Å²) >= 11 is 6.00. The lowest BCUT2D eigenvalue weighted by atomic mass is 10.2. The molecule has 164 valence electrons. The number of nitrogens with one attached hydrogen (secondary N) is 1. The molecule has 0 unspecified atom stereocenters. The highest BCUT2D eigenvalue weighted by molar-refractivity contribution is 6.30. The molecule has 5 nitrogen and oxygen atoms in total. The Morgan fingerprint density at radius 3 is 2.38 bits per heavy atom. The van der Waals surface area contributed by atoms with E-state index in [1.807, 2.05) is 48.5 Å². The molecular weight excluding hydrogens is 420 g/mol. The van der Waals surface area contributed by atoms with Crippen molar-refractivity contribution in [2.24, 2.45) is 0 Å². The zero-order valence-corrected chi connectivity index (χ0v) is 18.8. The third kappa shape index (κ3) is 4.90. The molecular formula is C26H27ClN4O. The van der Waals surface area contributed by atoms with Crippen molar-refractivity contribution in [1.82, 2.24) is 14.9 Å². The average Bonchev–Trinajstić information content (AvgIpc) is 3.28. The summed E-state index contributed by atoms with van der Waals surface area (Å²) in [5, 5.41) is 0.788. The van der Waals surface area contributed by atoms with Crippen LogP contribution in [-0.4, -0.2) is 54.2 Å². The summed E-state index contributed by atoms with van der Waals surface area (Å²) in [6.45, 7) is 6.04. The van der Waals surface area contributed by atoms with E-state index in [9.17, 15) is 0 Å². The van der Waals surface area contributed by atoms with E-state index in [4.69, 9.17) is 16.3 Å². The first kappa shape index (κ1) is 20.9. The third-order valence-electron chi connectivity index (χ3n) is 5.97. The first-order valence-corrected chi connectivity index (χ1v) is 11.5. The summed E-state index contributed by atoms with van der Waals surface area (Å²) in [6, 6.07) is 24.4. The van der Waals surface area contributed by atoms with Gasteiger partial charge in [-0.1, -0.05) is 23.7 Å². The lowest BCUT2D eigenvalue weighted by Crippen LogP contribution is -2.46. The Morgan fingerprint density at radius 1 is 0.875 bits per heavy atom. The summed E-state index contributed by atoms with van der Waals surface area (Å²) in [7, 11) is 0. The lowest BCUT2D eigenvalue weighted by Gasteiger charge is -2.36. The van der Waals surface area contributed by atoms with E-state index in [1.54, 1.807) is 0 Å². The minimum atomic E-state index is 0.724. The molecule has 1 fully saturated rings. The fourth-order valence-electron chi connectivity index (χ4n) is 4.16. The Morgan fingerprint density at radius 2 is 1.62 bits per heavy atom. The van der Waals surface area contributed by atoms with E-state index in [0.29, 0.717) is 0 Å². The number of anilines is 1. The van der Waals surface area contributed by atoms with Gasteiger partial charge in [0.15, 0.2) is 0 Å². The molecule has 0 atom stereocenters. The highest BCUT2D eigenvalue weighted by Crippen LogP contribution is 2.23. The molecule has 6 heteroatoms. The topological polar surface area (TPSA) is 44.4 Å². The highest BCUT2D eigenvalue weighted by Gasteiger charge is 2.16. The highest BCUT2D eigenvalue weighted by atomic mass is 35.5. The number of hydrogen-bond donors (Lipinski definition) is 1. The van der Waals surface area contributed by atoms with Gasteiger partial charge in [0.25, 0.3) is 0 Å². The second-order valence-corrected chi connectivity index (χ2v) is 8.57. The van der Waals surface area contributed by atoms with Crippen molar-refractivity contribution < 1.29 is 4.74 Å². The van der Waals surface area contributed by atoms with E-state index < -0.39 is 0 Å². The number of hydrogen-bond acceptors (Lipinski definition) is 4. The first-order chi connectivity index (χ1) is 15.7. The van der Waals surface area contributed by atoms with Crippen molar-refractivity contribution >= 4 is 28.3 Å². The molecule has 1 aliphatic rings. The number of nitrogens with zero attached hydrogens (tertiary/aromatic N) is 3. The molecule has 0 spiro atoms. The smallest absolute Gasteiger partial charge is 0.138 e. The van der Waals surface area contributed by atoms with Crippen molar-refractivity contribution in [2.45, 2.75) is 6.42 Å². The molecule has 0 bridgehead atoms. The van der Waals surface area contributed by atoms with Crippen LogP contribution in [0, 0.1) is 0 Å². The van der Waals surface area contributed by atoms with Crippen LogP contribution in [0.25, 0.3) is 22.4 Å². The van der Waals surface area contributed by atoms with Crippen LogP contribution in [0.15, 0.2) is 72.8 Å². The van der Waals surface area contributed by atoms with Crippen LogP contribution in [0.4, 0.5) is 5.69 Å². The predicted octanol–water partition coefficient (Wildman–Crippen LogP) is 5.47. The second kappa shape index (κ2) is 9.63. The molecule has 0 amide bonds. The quantitative estimate of drug-likeness (QED) is 0.382. The fourth-order valence-corrected chi connectivity index (χ4v) is 4.28. The molecule has 5 rings (SSSR count). The fraction of sp³-hybridized carbons (Fsp3) is 0.269. The molecule has 0 aliphatic carbocycles. The summed E-state index contributed by atoms with van der Waals surface area (Å²) in [5.74, 6) is 1.79. The van der Waals surface area contributed by atoms with E-state index >= 15 is 0 Å². The Balaban J connectivity index is 1.05. The predicted molar refractivity (Wildman–Crippen MR) is 132 cm³/mol. The van der Waals surface area contributed by atoms with Gasteiger partial charge in [0.05, 0.1) is 17.6 Å². The van der Waals surface area contributed by atoms with Crippen LogP contribution in [0.1, 0.15) is 6.42 Å². The minimum absolute atomic E-state index is 0.724. The van der Waals surface area contributed by atoms with Gasteiger partial charge in [-0.15, -0.1) is 0 Å².